The fraction of sp³-hybridized carbons (Fsp3) is 0.333. The molecule has 2 aromatic heterocycles. The molecule has 0 saturated carbocycles. The smallest absolute Gasteiger partial charge is 0.174 e. The van der Waals surface area contributed by atoms with Gasteiger partial charge in [0, 0.05) is 40.8 Å². The lowest BCUT2D eigenvalue weighted by molar-refractivity contribution is 0.357. The molecule has 0 spiro atoms. The van der Waals surface area contributed by atoms with Crippen molar-refractivity contribution in [1.82, 2.24) is 14.9 Å². The number of rotatable bonds is 5. The van der Waals surface area contributed by atoms with Crippen LogP contribution < -0.4 is 15.1 Å². The van der Waals surface area contributed by atoms with Gasteiger partial charge >= 0.3 is 0 Å². The van der Waals surface area contributed by atoms with Crippen molar-refractivity contribution >= 4 is 56.2 Å². The van der Waals surface area contributed by atoms with Gasteiger partial charge in [-0.1, -0.05) is 43.6 Å². The summed E-state index contributed by atoms with van der Waals surface area (Å²) in [6.07, 6.45) is 3.10. The van der Waals surface area contributed by atoms with Crippen LogP contribution in [0.5, 0.6) is 0 Å². The first-order valence-electron chi connectivity index (χ1n) is 14.2. The van der Waals surface area contributed by atoms with Crippen LogP contribution in [-0.2, 0) is 0 Å². The molecule has 0 radical (unpaired) electrons. The molecular formula is C33H35BrClN5S. The van der Waals surface area contributed by atoms with Crippen LogP contribution in [-0.4, -0.2) is 27.8 Å². The zero-order valence-corrected chi connectivity index (χ0v) is 27.0. The number of piperidine rings is 1. The van der Waals surface area contributed by atoms with Crippen molar-refractivity contribution in [3.63, 3.8) is 0 Å². The third-order valence-corrected chi connectivity index (χ3v) is 9.69. The van der Waals surface area contributed by atoms with E-state index in [9.17, 15) is 0 Å². The van der Waals surface area contributed by atoms with Gasteiger partial charge in [-0.3, -0.25) is 4.98 Å². The van der Waals surface area contributed by atoms with E-state index in [1.165, 1.54) is 12.0 Å². The van der Waals surface area contributed by atoms with E-state index in [0.717, 1.165) is 56.7 Å². The molecular weight excluding hydrogens is 614 g/mol. The van der Waals surface area contributed by atoms with Crippen LogP contribution in [0.25, 0.3) is 5.69 Å². The molecule has 5 nitrogen and oxygen atoms in total. The highest BCUT2D eigenvalue weighted by Gasteiger charge is 2.42. The van der Waals surface area contributed by atoms with E-state index in [-0.39, 0.29) is 12.1 Å². The maximum atomic E-state index is 7.04. The number of nitrogens with one attached hydrogen (secondary N) is 1. The number of aromatic nitrogens is 2. The topological polar surface area (TPSA) is 36.3 Å². The van der Waals surface area contributed by atoms with E-state index >= 15 is 0 Å². The number of halogens is 2. The van der Waals surface area contributed by atoms with Gasteiger partial charge in [0.2, 0.25) is 0 Å². The van der Waals surface area contributed by atoms with Gasteiger partial charge in [-0.15, -0.1) is 0 Å². The molecule has 212 valence electrons. The number of anilines is 2. The Kier molecular flexibility index (Phi) is 7.88. The fourth-order valence-electron chi connectivity index (χ4n) is 6.80. The standard InChI is InChI=1S/C33H35BrClN5S/c1-20-15-21(2)19-38(18-20)30-13-12-24(17-27(30)35)40-32(31(37-33(40)41)28-10-7-8-14-36-28)25-16-22(3)39(23(25)4)29-11-6-5-9-26(29)34/h5-14,16-17,20-21,31-32H,15,18-19H2,1-4H3,(H,37,41)/t20-,21+,31-,32-/m1/s1. The lowest BCUT2D eigenvalue weighted by Gasteiger charge is -2.37. The lowest BCUT2D eigenvalue weighted by atomic mass is 9.91. The Labute approximate surface area is 261 Å². The van der Waals surface area contributed by atoms with Gasteiger partial charge in [0.05, 0.1) is 34.2 Å². The average molecular weight is 649 g/mol. The Morgan fingerprint density at radius 2 is 1.68 bits per heavy atom. The molecule has 2 saturated heterocycles. The Bertz CT molecular complexity index is 1580. The molecule has 6 rings (SSSR count). The summed E-state index contributed by atoms with van der Waals surface area (Å²) in [6.45, 7) is 11.0. The van der Waals surface area contributed by atoms with Crippen LogP contribution in [0.2, 0.25) is 5.02 Å². The minimum Gasteiger partial charge on any atom is -0.370 e. The number of benzene rings is 2. The zero-order valence-electron chi connectivity index (χ0n) is 23.8. The monoisotopic (exact) mass is 647 g/mol. The van der Waals surface area contributed by atoms with Crippen molar-refractivity contribution in [3.05, 3.63) is 105 Å². The molecule has 4 heterocycles. The molecule has 2 fully saturated rings. The molecule has 1 N–H and O–H groups in total. The Morgan fingerprint density at radius 3 is 2.37 bits per heavy atom. The second-order valence-corrected chi connectivity index (χ2v) is 13.2. The second kappa shape index (κ2) is 11.4. The largest absolute Gasteiger partial charge is 0.370 e. The summed E-state index contributed by atoms with van der Waals surface area (Å²) < 4.78 is 3.36. The molecule has 4 aromatic rings. The Balaban J connectivity index is 1.45. The van der Waals surface area contributed by atoms with Gasteiger partial charge in [0.25, 0.3) is 0 Å². The van der Waals surface area contributed by atoms with Crippen LogP contribution >= 0.6 is 39.7 Å². The van der Waals surface area contributed by atoms with Gasteiger partial charge in [-0.25, -0.2) is 0 Å². The number of nitrogens with zero attached hydrogens (tertiary/aromatic N) is 4. The number of pyridine rings is 1. The molecule has 0 aliphatic carbocycles. The molecule has 0 unspecified atom stereocenters. The van der Waals surface area contributed by atoms with Crippen LogP contribution in [0.15, 0.2) is 77.4 Å². The maximum absolute atomic E-state index is 7.04. The fourth-order valence-corrected chi connectivity index (χ4v) is 7.90. The number of para-hydroxylation sites is 1. The van der Waals surface area contributed by atoms with Crippen LogP contribution in [0, 0.1) is 25.7 Å². The minimum absolute atomic E-state index is 0.114. The van der Waals surface area contributed by atoms with E-state index in [1.54, 1.807) is 0 Å². The summed E-state index contributed by atoms with van der Waals surface area (Å²) in [5, 5.41) is 5.03. The molecule has 0 bridgehead atoms. The van der Waals surface area contributed by atoms with E-state index in [2.05, 4.69) is 112 Å². The number of hydrogen-bond acceptors (Lipinski definition) is 3. The van der Waals surface area contributed by atoms with Gasteiger partial charge < -0.3 is 19.7 Å². The highest BCUT2D eigenvalue weighted by atomic mass is 79.9. The van der Waals surface area contributed by atoms with E-state index in [1.807, 2.05) is 24.4 Å². The van der Waals surface area contributed by atoms with Gasteiger partial charge in [0.1, 0.15) is 0 Å². The Hall–Kier alpha value is -2.87. The number of thiocarbonyl (C=S) groups is 1. The molecule has 0 amide bonds. The summed E-state index contributed by atoms with van der Waals surface area (Å²) in [5.74, 6) is 1.29. The normalized spacial score (nSPS) is 22.7. The predicted octanol–water partition coefficient (Wildman–Crippen LogP) is 8.56. The third kappa shape index (κ3) is 5.28. The lowest BCUT2D eigenvalue weighted by Crippen LogP contribution is -2.38. The minimum atomic E-state index is -0.126. The van der Waals surface area contributed by atoms with Crippen molar-refractivity contribution in [2.75, 3.05) is 22.9 Å². The highest BCUT2D eigenvalue weighted by molar-refractivity contribution is 9.10. The van der Waals surface area contributed by atoms with Gasteiger partial charge in [-0.2, -0.15) is 0 Å². The quantitative estimate of drug-likeness (QED) is 0.220. The summed E-state index contributed by atoms with van der Waals surface area (Å²) in [6, 6.07) is 22.8. The summed E-state index contributed by atoms with van der Waals surface area (Å²) >= 11 is 16.8. The van der Waals surface area contributed by atoms with E-state index in [0.29, 0.717) is 16.9 Å². The maximum Gasteiger partial charge on any atom is 0.174 e. The van der Waals surface area contributed by atoms with Gasteiger partial charge in [0.15, 0.2) is 5.11 Å². The zero-order chi connectivity index (χ0) is 28.8. The molecule has 2 aliphatic heterocycles. The average Bonchev–Trinajstić information content (AvgIpc) is 3.43. The molecule has 8 heteroatoms. The van der Waals surface area contributed by atoms with Crippen molar-refractivity contribution in [3.8, 4) is 5.69 Å². The first-order chi connectivity index (χ1) is 19.7. The first kappa shape index (κ1) is 28.3. The van der Waals surface area contributed by atoms with Crippen LogP contribution in [0.3, 0.4) is 0 Å². The Morgan fingerprint density at radius 1 is 0.951 bits per heavy atom. The van der Waals surface area contributed by atoms with E-state index < -0.39 is 0 Å². The SMILES string of the molecule is Cc1cc([C@@H]2[C@@H](c3ccccn3)NC(=S)N2c2ccc(N3C[C@H](C)C[C@H](C)C3)c(Cl)c2)c(C)n1-c1ccccc1Br. The molecule has 4 atom stereocenters. The number of hydrogen-bond donors (Lipinski definition) is 1. The highest BCUT2D eigenvalue weighted by Crippen LogP contribution is 2.45. The first-order valence-corrected chi connectivity index (χ1v) is 15.8. The second-order valence-electron chi connectivity index (χ2n) is 11.6. The summed E-state index contributed by atoms with van der Waals surface area (Å²) in [7, 11) is 0. The van der Waals surface area contributed by atoms with Crippen molar-refractivity contribution < 1.29 is 0 Å². The molecule has 41 heavy (non-hydrogen) atoms. The van der Waals surface area contributed by atoms with Crippen LogP contribution in [0.1, 0.15) is 55.0 Å². The van der Waals surface area contributed by atoms with E-state index in [4.69, 9.17) is 28.8 Å². The third-order valence-electron chi connectivity index (χ3n) is 8.40. The molecule has 2 aromatic carbocycles. The van der Waals surface area contributed by atoms with Crippen molar-refractivity contribution in [2.45, 2.75) is 46.2 Å². The summed E-state index contributed by atoms with van der Waals surface area (Å²) in [4.78, 5) is 9.40. The predicted molar refractivity (Wildman–Crippen MR) is 177 cm³/mol. The summed E-state index contributed by atoms with van der Waals surface area (Å²) in [5.41, 5.74) is 7.65. The van der Waals surface area contributed by atoms with Crippen molar-refractivity contribution in [1.29, 1.82) is 0 Å². The van der Waals surface area contributed by atoms with Crippen LogP contribution in [0.4, 0.5) is 11.4 Å². The van der Waals surface area contributed by atoms with Gasteiger partial charge in [-0.05, 0) is 114 Å². The molecule has 2 aliphatic rings. The van der Waals surface area contributed by atoms with Crippen molar-refractivity contribution in [2.24, 2.45) is 11.8 Å². The number of aryl methyl sites for hydroxylation is 1.